The van der Waals surface area contributed by atoms with Crippen LogP contribution in [0.5, 0.6) is 11.5 Å². The van der Waals surface area contributed by atoms with E-state index < -0.39 is 5.91 Å². The fourth-order valence-electron chi connectivity index (χ4n) is 2.91. The Morgan fingerprint density at radius 1 is 0.906 bits per heavy atom. The van der Waals surface area contributed by atoms with E-state index in [1.54, 1.807) is 48.5 Å². The van der Waals surface area contributed by atoms with Crippen LogP contribution in [0.15, 0.2) is 99.4 Å². The fourth-order valence-corrected chi connectivity index (χ4v) is 2.91. The highest BCUT2D eigenvalue weighted by atomic mass is 16.5. The Morgan fingerprint density at radius 3 is 2.38 bits per heavy atom. The minimum atomic E-state index is -0.462. The molecule has 0 saturated carbocycles. The molecule has 0 radical (unpaired) electrons. The molecule has 0 saturated heterocycles. The number of nitrogens with one attached hydrogen (secondary N) is 1. The lowest BCUT2D eigenvalue weighted by atomic mass is 10.2. The van der Waals surface area contributed by atoms with Crippen LogP contribution in [0.1, 0.15) is 11.1 Å². The van der Waals surface area contributed by atoms with Gasteiger partial charge in [0.05, 0.1) is 17.2 Å². The van der Waals surface area contributed by atoms with Crippen LogP contribution in [-0.2, 0) is 11.4 Å². The molecule has 0 aliphatic rings. The first kappa shape index (κ1) is 20.9. The normalized spacial score (nSPS) is 10.9. The molecular weight excluding hydrogens is 408 g/mol. The number of rotatable bonds is 8. The highest BCUT2D eigenvalue weighted by Crippen LogP contribution is 2.18. The SMILES string of the molecule is O=C(COc1ccc(OCc2ccccc2)cc1)NN=Cc1coc2ccccc2c1=O. The Kier molecular flexibility index (Phi) is 6.57. The second kappa shape index (κ2) is 10.1. The predicted molar refractivity (Wildman–Crippen MR) is 121 cm³/mol. The zero-order chi connectivity index (χ0) is 22.2. The Bertz CT molecular complexity index is 1280. The van der Waals surface area contributed by atoms with E-state index in [9.17, 15) is 9.59 Å². The maximum Gasteiger partial charge on any atom is 0.277 e. The highest BCUT2D eigenvalue weighted by molar-refractivity contribution is 5.87. The maximum atomic E-state index is 12.4. The first-order valence-corrected chi connectivity index (χ1v) is 9.91. The van der Waals surface area contributed by atoms with Crippen molar-refractivity contribution >= 4 is 23.1 Å². The lowest BCUT2D eigenvalue weighted by Crippen LogP contribution is -2.25. The lowest BCUT2D eigenvalue weighted by molar-refractivity contribution is -0.123. The summed E-state index contributed by atoms with van der Waals surface area (Å²) in [5, 5.41) is 4.25. The van der Waals surface area contributed by atoms with Crippen LogP contribution in [0.3, 0.4) is 0 Å². The van der Waals surface area contributed by atoms with Crippen LogP contribution in [0.25, 0.3) is 11.0 Å². The number of fused-ring (bicyclic) bond motifs is 1. The van der Waals surface area contributed by atoms with Gasteiger partial charge in [0.1, 0.15) is 30.0 Å². The molecule has 7 nitrogen and oxygen atoms in total. The summed E-state index contributed by atoms with van der Waals surface area (Å²) in [5.41, 5.74) is 3.90. The first-order chi connectivity index (χ1) is 15.7. The molecule has 7 heteroatoms. The van der Waals surface area contributed by atoms with Crippen molar-refractivity contribution in [3.8, 4) is 11.5 Å². The van der Waals surface area contributed by atoms with Gasteiger partial charge >= 0.3 is 0 Å². The summed E-state index contributed by atoms with van der Waals surface area (Å²) in [4.78, 5) is 24.3. The molecule has 4 aromatic rings. The molecule has 0 unspecified atom stereocenters. The zero-order valence-corrected chi connectivity index (χ0v) is 17.1. The molecule has 1 N–H and O–H groups in total. The molecule has 0 atom stereocenters. The van der Waals surface area contributed by atoms with Crippen LogP contribution < -0.4 is 20.3 Å². The van der Waals surface area contributed by atoms with Crippen molar-refractivity contribution in [2.75, 3.05) is 6.61 Å². The van der Waals surface area contributed by atoms with Crippen molar-refractivity contribution < 1.29 is 18.7 Å². The summed E-state index contributed by atoms with van der Waals surface area (Å²) in [6.07, 6.45) is 2.55. The molecule has 32 heavy (non-hydrogen) atoms. The monoisotopic (exact) mass is 428 g/mol. The quantitative estimate of drug-likeness (QED) is 0.340. The minimum Gasteiger partial charge on any atom is -0.489 e. The minimum absolute atomic E-state index is 0.226. The number of hydrazone groups is 1. The van der Waals surface area contributed by atoms with E-state index in [4.69, 9.17) is 13.9 Å². The standard InChI is InChI=1S/C25H20N2O5/c28-24(27-26-14-19-16-32-23-9-5-4-8-22(23)25(19)29)17-31-21-12-10-20(11-13-21)30-15-18-6-2-1-3-7-18/h1-14,16H,15,17H2,(H,27,28). The van der Waals surface area contributed by atoms with Gasteiger partial charge in [0.2, 0.25) is 5.43 Å². The number of hydrogen-bond donors (Lipinski definition) is 1. The maximum absolute atomic E-state index is 12.4. The number of ether oxygens (including phenoxy) is 2. The Balaban J connectivity index is 1.25. The predicted octanol–water partition coefficient (Wildman–Crippen LogP) is 3.90. The van der Waals surface area contributed by atoms with Crippen molar-refractivity contribution in [3.63, 3.8) is 0 Å². The van der Waals surface area contributed by atoms with Gasteiger partial charge in [-0.2, -0.15) is 5.10 Å². The first-order valence-electron chi connectivity index (χ1n) is 9.91. The molecule has 0 aliphatic carbocycles. The third-order valence-electron chi connectivity index (χ3n) is 4.54. The smallest absolute Gasteiger partial charge is 0.277 e. The summed E-state index contributed by atoms with van der Waals surface area (Å²) >= 11 is 0. The van der Waals surface area contributed by atoms with E-state index in [0.29, 0.717) is 29.1 Å². The van der Waals surface area contributed by atoms with Gasteiger partial charge in [-0.05, 0) is 42.0 Å². The number of para-hydroxylation sites is 1. The van der Waals surface area contributed by atoms with Gasteiger partial charge in [0, 0.05) is 0 Å². The van der Waals surface area contributed by atoms with Crippen molar-refractivity contribution in [3.05, 3.63) is 106 Å². The van der Waals surface area contributed by atoms with Crippen molar-refractivity contribution in [2.24, 2.45) is 5.10 Å². The van der Waals surface area contributed by atoms with E-state index >= 15 is 0 Å². The summed E-state index contributed by atoms with van der Waals surface area (Å²) < 4.78 is 16.6. The van der Waals surface area contributed by atoms with Crippen molar-refractivity contribution in [1.29, 1.82) is 0 Å². The number of benzene rings is 3. The van der Waals surface area contributed by atoms with E-state index in [0.717, 1.165) is 5.56 Å². The molecule has 0 bridgehead atoms. The molecule has 1 aromatic heterocycles. The van der Waals surface area contributed by atoms with Crippen LogP contribution in [-0.4, -0.2) is 18.7 Å². The van der Waals surface area contributed by atoms with Gasteiger partial charge in [0.25, 0.3) is 5.91 Å². The summed E-state index contributed by atoms with van der Waals surface area (Å²) in [6.45, 7) is 0.241. The molecule has 3 aromatic carbocycles. The second-order valence-electron chi connectivity index (χ2n) is 6.84. The Morgan fingerprint density at radius 2 is 1.59 bits per heavy atom. The van der Waals surface area contributed by atoms with Gasteiger partial charge in [-0.3, -0.25) is 9.59 Å². The van der Waals surface area contributed by atoms with Crippen molar-refractivity contribution in [2.45, 2.75) is 6.61 Å². The summed E-state index contributed by atoms with van der Waals surface area (Å²) in [5.74, 6) is 0.756. The van der Waals surface area contributed by atoms with E-state index in [1.165, 1.54) is 12.5 Å². The highest BCUT2D eigenvalue weighted by Gasteiger charge is 2.05. The molecule has 1 heterocycles. The molecule has 0 spiro atoms. The molecule has 4 rings (SSSR count). The molecule has 1 amide bonds. The number of hydrogen-bond acceptors (Lipinski definition) is 6. The lowest BCUT2D eigenvalue weighted by Gasteiger charge is -2.08. The van der Waals surface area contributed by atoms with E-state index in [2.05, 4.69) is 10.5 Å². The third-order valence-corrected chi connectivity index (χ3v) is 4.54. The second-order valence-corrected chi connectivity index (χ2v) is 6.84. The van der Waals surface area contributed by atoms with Crippen LogP contribution >= 0.6 is 0 Å². The Hall–Kier alpha value is -4.39. The molecule has 0 aliphatic heterocycles. The van der Waals surface area contributed by atoms with Crippen LogP contribution in [0.2, 0.25) is 0 Å². The summed E-state index contributed by atoms with van der Waals surface area (Å²) in [6, 6.07) is 23.7. The third kappa shape index (κ3) is 5.40. The number of amides is 1. The van der Waals surface area contributed by atoms with Gasteiger partial charge in [-0.1, -0.05) is 42.5 Å². The van der Waals surface area contributed by atoms with E-state index in [-0.39, 0.29) is 17.6 Å². The average Bonchev–Trinajstić information content (AvgIpc) is 2.84. The molecule has 160 valence electrons. The fraction of sp³-hybridized carbons (Fsp3) is 0.0800. The van der Waals surface area contributed by atoms with Gasteiger partial charge in [-0.15, -0.1) is 0 Å². The van der Waals surface area contributed by atoms with Gasteiger partial charge < -0.3 is 13.9 Å². The van der Waals surface area contributed by atoms with Crippen LogP contribution in [0, 0.1) is 0 Å². The molecule has 0 fully saturated rings. The van der Waals surface area contributed by atoms with Crippen molar-refractivity contribution in [1.82, 2.24) is 5.43 Å². The number of carbonyl (C=O) groups is 1. The van der Waals surface area contributed by atoms with Gasteiger partial charge in [0.15, 0.2) is 6.61 Å². The Labute approximate surface area is 183 Å². The average molecular weight is 428 g/mol. The van der Waals surface area contributed by atoms with Crippen LogP contribution in [0.4, 0.5) is 0 Å². The largest absolute Gasteiger partial charge is 0.489 e. The number of carbonyl (C=O) groups excluding carboxylic acids is 1. The zero-order valence-electron chi connectivity index (χ0n) is 17.1. The summed E-state index contributed by atoms with van der Waals surface area (Å²) in [7, 11) is 0. The topological polar surface area (TPSA) is 90.1 Å². The number of nitrogens with zero attached hydrogens (tertiary/aromatic N) is 1. The van der Waals surface area contributed by atoms with E-state index in [1.807, 2.05) is 30.3 Å². The molecular formula is C25H20N2O5. The van der Waals surface area contributed by atoms with Gasteiger partial charge in [-0.25, -0.2) is 5.43 Å².